The van der Waals surface area contributed by atoms with E-state index in [0.717, 1.165) is 17.7 Å². The van der Waals surface area contributed by atoms with E-state index < -0.39 is 0 Å². The third-order valence-corrected chi connectivity index (χ3v) is 4.14. The summed E-state index contributed by atoms with van der Waals surface area (Å²) in [6, 6.07) is 6.54. The van der Waals surface area contributed by atoms with Crippen molar-refractivity contribution in [3.63, 3.8) is 0 Å². The predicted molar refractivity (Wildman–Crippen MR) is 84.1 cm³/mol. The van der Waals surface area contributed by atoms with Gasteiger partial charge in [0, 0.05) is 24.3 Å². The molecule has 4 nitrogen and oxygen atoms in total. The highest BCUT2D eigenvalue weighted by atomic mass is 16.1. The van der Waals surface area contributed by atoms with E-state index in [1.54, 1.807) is 6.07 Å². The van der Waals surface area contributed by atoms with E-state index in [4.69, 9.17) is 5.73 Å². The minimum atomic E-state index is -0.0172. The van der Waals surface area contributed by atoms with E-state index in [0.29, 0.717) is 24.3 Å². The van der Waals surface area contributed by atoms with Crippen LogP contribution in [0.2, 0.25) is 0 Å². The van der Waals surface area contributed by atoms with Gasteiger partial charge in [-0.1, -0.05) is 6.92 Å². The van der Waals surface area contributed by atoms with E-state index in [-0.39, 0.29) is 5.91 Å². The molecule has 1 fully saturated rings. The molecule has 1 aliphatic heterocycles. The lowest BCUT2D eigenvalue weighted by Crippen LogP contribution is -2.36. The van der Waals surface area contributed by atoms with Gasteiger partial charge in [-0.25, -0.2) is 0 Å². The van der Waals surface area contributed by atoms with Crippen molar-refractivity contribution in [3.05, 3.63) is 23.8 Å². The Hall–Kier alpha value is -1.71. The lowest BCUT2D eigenvalue weighted by Gasteiger charge is -2.32. The molecule has 1 heterocycles. The number of nitrogens with zero attached hydrogens (tertiary/aromatic N) is 1. The number of amides is 1. The Morgan fingerprint density at radius 3 is 2.80 bits per heavy atom. The summed E-state index contributed by atoms with van der Waals surface area (Å²) in [6.45, 7) is 6.99. The van der Waals surface area contributed by atoms with Crippen molar-refractivity contribution in [3.8, 4) is 0 Å². The van der Waals surface area contributed by atoms with Crippen LogP contribution in [0.15, 0.2) is 18.2 Å². The molecule has 4 heteroatoms. The predicted octanol–water partition coefficient (Wildman–Crippen LogP) is 2.79. The second-order valence-electron chi connectivity index (χ2n) is 5.53. The molecule has 3 N–H and O–H groups in total. The van der Waals surface area contributed by atoms with E-state index >= 15 is 0 Å². The first kappa shape index (κ1) is 14.7. The highest BCUT2D eigenvalue weighted by Gasteiger charge is 2.31. The molecule has 1 aliphatic rings. The summed E-state index contributed by atoms with van der Waals surface area (Å²) >= 11 is 0. The van der Waals surface area contributed by atoms with Gasteiger partial charge >= 0.3 is 0 Å². The molecule has 20 heavy (non-hydrogen) atoms. The van der Waals surface area contributed by atoms with Gasteiger partial charge in [0.2, 0.25) is 0 Å². The van der Waals surface area contributed by atoms with Crippen LogP contribution in [0.3, 0.4) is 0 Å². The fourth-order valence-electron chi connectivity index (χ4n) is 3.12. The molecule has 1 saturated heterocycles. The summed E-state index contributed by atoms with van der Waals surface area (Å²) in [4.78, 5) is 14.6. The Morgan fingerprint density at radius 2 is 2.15 bits per heavy atom. The van der Waals surface area contributed by atoms with Gasteiger partial charge in [-0.15, -0.1) is 0 Å². The molecule has 0 aromatic heterocycles. The number of nitrogens with two attached hydrogens (primary N) is 1. The minimum absolute atomic E-state index is 0.0172. The summed E-state index contributed by atoms with van der Waals surface area (Å²) in [7, 11) is 0. The van der Waals surface area contributed by atoms with Crippen LogP contribution in [0.4, 0.5) is 11.4 Å². The number of nitrogens with one attached hydrogen (secondary N) is 1. The van der Waals surface area contributed by atoms with Crippen molar-refractivity contribution in [2.24, 2.45) is 0 Å². The van der Waals surface area contributed by atoms with Crippen LogP contribution in [0.25, 0.3) is 0 Å². The van der Waals surface area contributed by atoms with E-state index in [1.165, 1.54) is 12.8 Å². The zero-order chi connectivity index (χ0) is 14.7. The van der Waals surface area contributed by atoms with Gasteiger partial charge in [0.05, 0.1) is 11.3 Å². The Kier molecular flexibility index (Phi) is 4.53. The first-order valence-corrected chi connectivity index (χ1v) is 7.54. The molecule has 2 rings (SSSR count). The topological polar surface area (TPSA) is 58.4 Å². The van der Waals surface area contributed by atoms with E-state index in [9.17, 15) is 4.79 Å². The van der Waals surface area contributed by atoms with Crippen molar-refractivity contribution in [2.45, 2.75) is 52.1 Å². The number of hydrogen-bond donors (Lipinski definition) is 2. The van der Waals surface area contributed by atoms with Crippen molar-refractivity contribution in [2.75, 3.05) is 17.2 Å². The van der Waals surface area contributed by atoms with Gasteiger partial charge in [0.1, 0.15) is 0 Å². The summed E-state index contributed by atoms with van der Waals surface area (Å²) in [5.41, 5.74) is 8.36. The van der Waals surface area contributed by atoms with Crippen LogP contribution in [0.5, 0.6) is 0 Å². The lowest BCUT2D eigenvalue weighted by atomic mass is 10.1. The Labute approximate surface area is 121 Å². The lowest BCUT2D eigenvalue weighted by molar-refractivity contribution is 0.0956. The molecule has 0 bridgehead atoms. The molecule has 0 saturated carbocycles. The number of carbonyl (C=O) groups excluding carboxylic acids is 1. The molecule has 0 aliphatic carbocycles. The van der Waals surface area contributed by atoms with Crippen molar-refractivity contribution in [1.82, 2.24) is 5.32 Å². The molecule has 1 aromatic carbocycles. The van der Waals surface area contributed by atoms with Crippen LogP contribution >= 0.6 is 0 Å². The maximum atomic E-state index is 12.3. The summed E-state index contributed by atoms with van der Waals surface area (Å²) in [5.74, 6) is -0.0172. The monoisotopic (exact) mass is 275 g/mol. The Bertz CT molecular complexity index is 487. The molecular formula is C16H25N3O. The van der Waals surface area contributed by atoms with Crippen molar-refractivity contribution in [1.29, 1.82) is 0 Å². The van der Waals surface area contributed by atoms with Gasteiger partial charge in [-0.05, 0) is 51.3 Å². The number of carbonyl (C=O) groups is 1. The molecule has 0 radical (unpaired) electrons. The number of benzene rings is 1. The number of anilines is 2. The summed E-state index contributed by atoms with van der Waals surface area (Å²) < 4.78 is 0. The van der Waals surface area contributed by atoms with Crippen LogP contribution in [0.1, 0.15) is 50.4 Å². The molecule has 1 aromatic rings. The number of nitrogen functional groups attached to an aromatic ring is 1. The van der Waals surface area contributed by atoms with Crippen molar-refractivity contribution < 1.29 is 4.79 Å². The van der Waals surface area contributed by atoms with Gasteiger partial charge in [0.15, 0.2) is 0 Å². The largest absolute Gasteiger partial charge is 0.399 e. The molecular weight excluding hydrogens is 250 g/mol. The quantitative estimate of drug-likeness (QED) is 0.831. The SMILES string of the molecule is CCNC(=O)c1ccc(N)cc1N1C(C)CCC1CC. The summed E-state index contributed by atoms with van der Waals surface area (Å²) in [5, 5.41) is 2.89. The Morgan fingerprint density at radius 1 is 1.40 bits per heavy atom. The first-order chi connectivity index (χ1) is 9.58. The summed E-state index contributed by atoms with van der Waals surface area (Å²) in [6.07, 6.45) is 3.44. The maximum absolute atomic E-state index is 12.3. The van der Waals surface area contributed by atoms with Crippen LogP contribution in [-0.4, -0.2) is 24.5 Å². The third-order valence-electron chi connectivity index (χ3n) is 4.14. The smallest absolute Gasteiger partial charge is 0.253 e. The maximum Gasteiger partial charge on any atom is 0.253 e. The molecule has 2 unspecified atom stereocenters. The minimum Gasteiger partial charge on any atom is -0.399 e. The Balaban J connectivity index is 2.43. The van der Waals surface area contributed by atoms with Crippen LogP contribution < -0.4 is 16.0 Å². The highest BCUT2D eigenvalue weighted by molar-refractivity contribution is 6.00. The van der Waals surface area contributed by atoms with Gasteiger partial charge < -0.3 is 16.0 Å². The second-order valence-corrected chi connectivity index (χ2v) is 5.53. The second kappa shape index (κ2) is 6.16. The molecule has 0 spiro atoms. The average molecular weight is 275 g/mol. The van der Waals surface area contributed by atoms with E-state index in [1.807, 2.05) is 19.1 Å². The molecule has 110 valence electrons. The highest BCUT2D eigenvalue weighted by Crippen LogP contribution is 2.35. The molecule has 2 atom stereocenters. The van der Waals surface area contributed by atoms with E-state index in [2.05, 4.69) is 24.1 Å². The number of rotatable bonds is 4. The fraction of sp³-hybridized carbons (Fsp3) is 0.562. The standard InChI is InChI=1S/C16H25N3O/c1-4-13-8-6-11(3)19(13)15-10-12(17)7-9-14(15)16(20)18-5-2/h7,9-11,13H,4-6,8,17H2,1-3H3,(H,18,20). The van der Waals surface area contributed by atoms with Gasteiger partial charge in [-0.3, -0.25) is 4.79 Å². The van der Waals surface area contributed by atoms with Gasteiger partial charge in [-0.2, -0.15) is 0 Å². The number of hydrogen-bond acceptors (Lipinski definition) is 3. The zero-order valence-electron chi connectivity index (χ0n) is 12.6. The normalized spacial score (nSPS) is 22.1. The van der Waals surface area contributed by atoms with Crippen molar-refractivity contribution >= 4 is 17.3 Å². The first-order valence-electron chi connectivity index (χ1n) is 7.54. The van der Waals surface area contributed by atoms with Crippen LogP contribution in [0, 0.1) is 0 Å². The fourth-order valence-corrected chi connectivity index (χ4v) is 3.12. The average Bonchev–Trinajstić information content (AvgIpc) is 2.79. The molecule has 1 amide bonds. The van der Waals surface area contributed by atoms with Gasteiger partial charge in [0.25, 0.3) is 5.91 Å². The zero-order valence-corrected chi connectivity index (χ0v) is 12.6. The van der Waals surface area contributed by atoms with Crippen LogP contribution in [-0.2, 0) is 0 Å². The third kappa shape index (κ3) is 2.74.